The van der Waals surface area contributed by atoms with Crippen LogP contribution < -0.4 is 20.1 Å². The molecule has 2 aromatic carbocycles. The van der Waals surface area contributed by atoms with Crippen molar-refractivity contribution >= 4 is 6.03 Å². The molecule has 2 rings (SSSR count). The van der Waals surface area contributed by atoms with Gasteiger partial charge < -0.3 is 20.1 Å². The first-order valence-electron chi connectivity index (χ1n) is 7.70. The monoisotopic (exact) mass is 332 g/mol. The molecule has 0 atom stereocenters. The highest BCUT2D eigenvalue weighted by Gasteiger charge is 2.01. The molecule has 0 saturated carbocycles. The minimum absolute atomic E-state index is 0.244. The summed E-state index contributed by atoms with van der Waals surface area (Å²) in [5.74, 6) is 1.07. The number of halogens is 1. The lowest BCUT2D eigenvalue weighted by Crippen LogP contribution is -2.38. The van der Waals surface area contributed by atoms with Crippen molar-refractivity contribution in [2.75, 3.05) is 26.8 Å². The van der Waals surface area contributed by atoms with Crippen LogP contribution in [-0.4, -0.2) is 32.8 Å². The topological polar surface area (TPSA) is 59.6 Å². The van der Waals surface area contributed by atoms with Crippen molar-refractivity contribution in [2.24, 2.45) is 0 Å². The van der Waals surface area contributed by atoms with Crippen molar-refractivity contribution in [2.45, 2.75) is 6.42 Å². The van der Waals surface area contributed by atoms with Crippen LogP contribution in [0.2, 0.25) is 0 Å². The van der Waals surface area contributed by atoms with Gasteiger partial charge in [0.25, 0.3) is 0 Å². The first-order chi connectivity index (χ1) is 11.7. The fraction of sp³-hybridized carbons (Fsp3) is 0.278. The van der Waals surface area contributed by atoms with E-state index in [2.05, 4.69) is 10.6 Å². The molecule has 0 radical (unpaired) electrons. The Kier molecular flexibility index (Phi) is 6.89. The van der Waals surface area contributed by atoms with Crippen LogP contribution in [-0.2, 0) is 6.42 Å². The first-order valence-corrected chi connectivity index (χ1v) is 7.70. The van der Waals surface area contributed by atoms with E-state index in [0.29, 0.717) is 25.4 Å². The maximum atomic E-state index is 12.7. The largest absolute Gasteiger partial charge is 0.497 e. The highest BCUT2D eigenvalue weighted by Crippen LogP contribution is 2.11. The molecule has 0 aromatic heterocycles. The van der Waals surface area contributed by atoms with E-state index in [0.717, 1.165) is 17.7 Å². The Hall–Kier alpha value is -2.76. The number of hydrogen-bond donors (Lipinski definition) is 2. The fourth-order valence-corrected chi connectivity index (χ4v) is 2.04. The molecule has 0 aliphatic carbocycles. The van der Waals surface area contributed by atoms with E-state index in [4.69, 9.17) is 9.47 Å². The number of urea groups is 1. The van der Waals surface area contributed by atoms with Gasteiger partial charge in [0.1, 0.15) is 23.9 Å². The van der Waals surface area contributed by atoms with Gasteiger partial charge >= 0.3 is 6.03 Å². The van der Waals surface area contributed by atoms with Crippen molar-refractivity contribution in [1.82, 2.24) is 10.6 Å². The highest BCUT2D eigenvalue weighted by molar-refractivity contribution is 5.73. The zero-order valence-electron chi connectivity index (χ0n) is 13.5. The molecule has 0 aliphatic heterocycles. The van der Waals surface area contributed by atoms with Crippen LogP contribution in [0, 0.1) is 5.82 Å². The van der Waals surface area contributed by atoms with E-state index in [1.807, 2.05) is 24.3 Å². The minimum Gasteiger partial charge on any atom is -0.497 e. The Labute approximate surface area is 140 Å². The summed E-state index contributed by atoms with van der Waals surface area (Å²) < 4.78 is 23.2. The zero-order chi connectivity index (χ0) is 17.2. The zero-order valence-corrected chi connectivity index (χ0v) is 13.5. The molecule has 24 heavy (non-hydrogen) atoms. The number of hydrogen-bond acceptors (Lipinski definition) is 3. The molecule has 0 heterocycles. The summed E-state index contributed by atoms with van der Waals surface area (Å²) in [5.41, 5.74) is 1.12. The number of amides is 2. The number of benzene rings is 2. The smallest absolute Gasteiger partial charge is 0.314 e. The summed E-state index contributed by atoms with van der Waals surface area (Å²) >= 11 is 0. The SMILES string of the molecule is COc1ccc(CCNC(=O)NCCOc2ccc(F)cc2)cc1. The minimum atomic E-state index is -0.309. The quantitative estimate of drug-likeness (QED) is 0.731. The fourth-order valence-electron chi connectivity index (χ4n) is 2.04. The maximum Gasteiger partial charge on any atom is 0.314 e. The summed E-state index contributed by atoms with van der Waals surface area (Å²) in [6.07, 6.45) is 0.740. The number of nitrogens with one attached hydrogen (secondary N) is 2. The molecular weight excluding hydrogens is 311 g/mol. The Balaban J connectivity index is 1.56. The van der Waals surface area contributed by atoms with Gasteiger partial charge in [-0.25, -0.2) is 9.18 Å². The first kappa shape index (κ1) is 17.6. The van der Waals surface area contributed by atoms with E-state index < -0.39 is 0 Å². The van der Waals surface area contributed by atoms with Crippen LogP contribution in [0.1, 0.15) is 5.56 Å². The van der Waals surface area contributed by atoms with Crippen molar-refractivity contribution in [3.05, 3.63) is 59.9 Å². The van der Waals surface area contributed by atoms with Gasteiger partial charge in [-0.15, -0.1) is 0 Å². The molecule has 0 fully saturated rings. The third kappa shape index (κ3) is 6.16. The van der Waals surface area contributed by atoms with Gasteiger partial charge in [-0.1, -0.05) is 12.1 Å². The third-order valence-corrected chi connectivity index (χ3v) is 3.33. The maximum absolute atomic E-state index is 12.7. The van der Waals surface area contributed by atoms with Gasteiger partial charge in [-0.2, -0.15) is 0 Å². The lowest BCUT2D eigenvalue weighted by molar-refractivity contribution is 0.236. The highest BCUT2D eigenvalue weighted by atomic mass is 19.1. The van der Waals surface area contributed by atoms with Crippen LogP contribution in [0.15, 0.2) is 48.5 Å². The molecule has 0 aliphatic rings. The van der Waals surface area contributed by atoms with Gasteiger partial charge in [0, 0.05) is 6.54 Å². The van der Waals surface area contributed by atoms with Crippen LogP contribution >= 0.6 is 0 Å². The summed E-state index contributed by atoms with van der Waals surface area (Å²) in [6.45, 7) is 1.22. The van der Waals surface area contributed by atoms with Crippen molar-refractivity contribution in [1.29, 1.82) is 0 Å². The van der Waals surface area contributed by atoms with Gasteiger partial charge in [0.2, 0.25) is 0 Å². The van der Waals surface area contributed by atoms with E-state index in [-0.39, 0.29) is 11.8 Å². The van der Waals surface area contributed by atoms with Gasteiger partial charge in [0.05, 0.1) is 13.7 Å². The van der Waals surface area contributed by atoms with Crippen molar-refractivity contribution in [3.63, 3.8) is 0 Å². The Bertz CT molecular complexity index is 630. The molecule has 6 heteroatoms. The number of ether oxygens (including phenoxy) is 2. The lowest BCUT2D eigenvalue weighted by atomic mass is 10.1. The molecule has 0 saturated heterocycles. The predicted octanol–water partition coefficient (Wildman–Crippen LogP) is 2.76. The summed E-state index contributed by atoms with van der Waals surface area (Å²) in [5, 5.41) is 5.48. The van der Waals surface area contributed by atoms with E-state index in [1.54, 1.807) is 19.2 Å². The average Bonchev–Trinajstić information content (AvgIpc) is 2.61. The molecule has 0 unspecified atom stereocenters. The van der Waals surface area contributed by atoms with Gasteiger partial charge in [0.15, 0.2) is 0 Å². The van der Waals surface area contributed by atoms with Crippen LogP contribution in [0.25, 0.3) is 0 Å². The second-order valence-electron chi connectivity index (χ2n) is 5.08. The second kappa shape index (κ2) is 9.39. The Morgan fingerprint density at radius 2 is 1.58 bits per heavy atom. The Morgan fingerprint density at radius 1 is 0.958 bits per heavy atom. The average molecular weight is 332 g/mol. The normalized spacial score (nSPS) is 10.1. The molecule has 2 amide bonds. The van der Waals surface area contributed by atoms with E-state index in [9.17, 15) is 9.18 Å². The third-order valence-electron chi connectivity index (χ3n) is 3.33. The number of rotatable bonds is 8. The van der Waals surface area contributed by atoms with Crippen LogP contribution in [0.3, 0.4) is 0 Å². The molecule has 5 nitrogen and oxygen atoms in total. The van der Waals surface area contributed by atoms with Crippen molar-refractivity contribution in [3.8, 4) is 11.5 Å². The van der Waals surface area contributed by atoms with Crippen LogP contribution in [0.4, 0.5) is 9.18 Å². The number of carbonyl (C=O) groups is 1. The summed E-state index contributed by atoms with van der Waals surface area (Å²) in [6, 6.07) is 13.2. The Morgan fingerprint density at radius 3 is 2.25 bits per heavy atom. The number of carbonyl (C=O) groups excluding carboxylic acids is 1. The number of methoxy groups -OCH3 is 1. The van der Waals surface area contributed by atoms with Crippen LogP contribution in [0.5, 0.6) is 11.5 Å². The van der Waals surface area contributed by atoms with Gasteiger partial charge in [-0.05, 0) is 48.4 Å². The molecular formula is C18H21FN2O3. The van der Waals surface area contributed by atoms with E-state index >= 15 is 0 Å². The molecule has 2 aromatic rings. The molecule has 0 bridgehead atoms. The summed E-state index contributed by atoms with van der Waals surface area (Å²) in [7, 11) is 1.63. The predicted molar refractivity (Wildman–Crippen MR) is 90.0 cm³/mol. The van der Waals surface area contributed by atoms with E-state index in [1.165, 1.54) is 12.1 Å². The van der Waals surface area contributed by atoms with Crippen molar-refractivity contribution < 1.29 is 18.7 Å². The summed E-state index contributed by atoms with van der Waals surface area (Å²) in [4.78, 5) is 11.6. The molecule has 0 spiro atoms. The lowest BCUT2D eigenvalue weighted by Gasteiger charge is -2.09. The molecule has 128 valence electrons. The molecule has 2 N–H and O–H groups in total. The standard InChI is InChI=1S/C18H21FN2O3/c1-23-16-6-2-14(3-7-16)10-11-20-18(22)21-12-13-24-17-8-4-15(19)5-9-17/h2-9H,10-13H2,1H3,(H2,20,21,22). The van der Waals surface area contributed by atoms with Gasteiger partial charge in [-0.3, -0.25) is 0 Å². The second-order valence-corrected chi connectivity index (χ2v) is 5.08.